The van der Waals surface area contributed by atoms with E-state index in [9.17, 15) is 8.42 Å². The highest BCUT2D eigenvalue weighted by Crippen LogP contribution is 2.07. The molecular formula is C5H8N6O3S. The summed E-state index contributed by atoms with van der Waals surface area (Å²) in [4.78, 5) is 0. The summed E-state index contributed by atoms with van der Waals surface area (Å²) in [7, 11) is -2.42. The average Bonchev–Trinajstić information content (AvgIpc) is 2.60. The van der Waals surface area contributed by atoms with Crippen LogP contribution in [-0.2, 0) is 10.5 Å². The van der Waals surface area contributed by atoms with Crippen molar-refractivity contribution in [1.82, 2.24) is 10.3 Å². The number of hydrogen-bond donors (Lipinski definition) is 3. The number of aromatic nitrogens is 2. The van der Waals surface area contributed by atoms with Gasteiger partial charge in [0.1, 0.15) is 5.84 Å². The fourth-order valence-corrected chi connectivity index (χ4v) is 1.02. The van der Waals surface area contributed by atoms with E-state index in [1.165, 1.54) is 0 Å². The van der Waals surface area contributed by atoms with E-state index in [-0.39, 0.29) is 30.4 Å². The zero-order valence-corrected chi connectivity index (χ0v) is 8.28. The Morgan fingerprint density at radius 2 is 2.33 bits per heavy atom. The van der Waals surface area contributed by atoms with Crippen molar-refractivity contribution in [2.24, 2.45) is 10.1 Å². The third-order valence-electron chi connectivity index (χ3n) is 1.34. The summed E-state index contributed by atoms with van der Waals surface area (Å²) in [5, 5.41) is 16.6. The maximum Gasteiger partial charge on any atom is 0.311 e. The van der Waals surface area contributed by atoms with Crippen LogP contribution in [0.2, 0.25) is 0 Å². The number of amidine groups is 1. The van der Waals surface area contributed by atoms with E-state index >= 15 is 0 Å². The van der Waals surface area contributed by atoms with E-state index in [0.717, 1.165) is 0 Å². The van der Waals surface area contributed by atoms with Gasteiger partial charge in [0.05, 0.1) is 6.54 Å². The minimum Gasteiger partial charge on any atom is -0.382 e. The van der Waals surface area contributed by atoms with Gasteiger partial charge in [-0.3, -0.25) is 5.41 Å². The fourth-order valence-electron chi connectivity index (χ4n) is 0.776. The first-order chi connectivity index (χ1) is 7.11. The third kappa shape index (κ3) is 3.34. The van der Waals surface area contributed by atoms with Gasteiger partial charge >= 0.3 is 10.5 Å². The minimum absolute atomic E-state index is 0.0559. The monoisotopic (exact) mass is 232 g/mol. The molecule has 4 N–H and O–H groups in total. The topological polar surface area (TPSA) is 147 Å². The molecule has 1 rings (SSSR count). The summed E-state index contributed by atoms with van der Waals surface area (Å²) in [6, 6.07) is 0. The number of anilines is 1. The lowest BCUT2D eigenvalue weighted by Crippen LogP contribution is -2.15. The highest BCUT2D eigenvalue weighted by Gasteiger charge is 2.11. The van der Waals surface area contributed by atoms with Crippen molar-refractivity contribution in [1.29, 1.82) is 5.41 Å². The summed E-state index contributed by atoms with van der Waals surface area (Å²) >= 11 is 0. The summed E-state index contributed by atoms with van der Waals surface area (Å²) < 4.78 is 27.6. The first-order valence-electron chi connectivity index (χ1n) is 3.79. The van der Waals surface area contributed by atoms with Crippen molar-refractivity contribution < 1.29 is 13.0 Å². The summed E-state index contributed by atoms with van der Waals surface area (Å²) in [6.07, 6.45) is 0. The standard InChI is InChI=1S/C5H8N6O3S/c6-4(7)3-5(11-14-10-3)8-1-2-9-15(12)13/h1-2H2,(H3,6,7)(H,8,11). The Balaban J connectivity index is 2.54. The number of hydrogen-bond acceptors (Lipinski definition) is 8. The second kappa shape index (κ2) is 5.05. The first-order valence-corrected chi connectivity index (χ1v) is 4.82. The fraction of sp³-hybridized carbons (Fsp3) is 0.400. The number of nitrogens with two attached hydrogens (primary N) is 1. The highest BCUT2D eigenvalue weighted by molar-refractivity contribution is 7.61. The molecule has 0 amide bonds. The largest absolute Gasteiger partial charge is 0.382 e. The van der Waals surface area contributed by atoms with E-state index in [1.807, 2.05) is 0 Å². The molecule has 82 valence electrons. The SMILES string of the molecule is N=C(N)c1nonc1NCCN=S(=O)=O. The quantitative estimate of drug-likeness (QED) is 0.329. The van der Waals surface area contributed by atoms with E-state index < -0.39 is 10.5 Å². The smallest absolute Gasteiger partial charge is 0.311 e. The van der Waals surface area contributed by atoms with Crippen LogP contribution in [-0.4, -0.2) is 37.7 Å². The Morgan fingerprint density at radius 3 is 2.93 bits per heavy atom. The van der Waals surface area contributed by atoms with E-state index in [4.69, 9.17) is 11.1 Å². The molecule has 15 heavy (non-hydrogen) atoms. The molecule has 0 aliphatic heterocycles. The van der Waals surface area contributed by atoms with Crippen molar-refractivity contribution in [3.05, 3.63) is 5.69 Å². The van der Waals surface area contributed by atoms with Gasteiger partial charge in [0, 0.05) is 6.54 Å². The molecule has 0 spiro atoms. The maximum absolute atomic E-state index is 10.0. The molecule has 0 atom stereocenters. The van der Waals surface area contributed by atoms with E-state index in [0.29, 0.717) is 0 Å². The maximum atomic E-state index is 10.0. The molecule has 0 bridgehead atoms. The predicted molar refractivity (Wildman–Crippen MR) is 50.0 cm³/mol. The Labute approximate surface area is 85.8 Å². The molecular weight excluding hydrogens is 224 g/mol. The predicted octanol–water partition coefficient (Wildman–Crippen LogP) is -1.17. The van der Waals surface area contributed by atoms with Gasteiger partial charge < -0.3 is 11.1 Å². The van der Waals surface area contributed by atoms with Crippen molar-refractivity contribution in [3.63, 3.8) is 0 Å². The number of nitrogens with zero attached hydrogens (tertiary/aromatic N) is 3. The highest BCUT2D eigenvalue weighted by atomic mass is 32.2. The van der Waals surface area contributed by atoms with Crippen LogP contribution in [0.15, 0.2) is 8.99 Å². The lowest BCUT2D eigenvalue weighted by Gasteiger charge is -1.98. The molecule has 1 aromatic rings. The van der Waals surface area contributed by atoms with Gasteiger partial charge in [-0.15, -0.1) is 0 Å². The van der Waals surface area contributed by atoms with Gasteiger partial charge in [-0.1, -0.05) is 0 Å². The number of nitrogens with one attached hydrogen (secondary N) is 2. The molecule has 0 aliphatic carbocycles. The molecule has 0 fully saturated rings. The molecule has 9 nitrogen and oxygen atoms in total. The van der Waals surface area contributed by atoms with Crippen LogP contribution in [0.25, 0.3) is 0 Å². The van der Waals surface area contributed by atoms with Gasteiger partial charge in [-0.05, 0) is 10.3 Å². The van der Waals surface area contributed by atoms with Crippen molar-refractivity contribution in [2.75, 3.05) is 18.4 Å². The lowest BCUT2D eigenvalue weighted by molar-refractivity contribution is 0.307. The molecule has 0 unspecified atom stereocenters. The minimum atomic E-state index is -2.42. The van der Waals surface area contributed by atoms with Crippen molar-refractivity contribution >= 4 is 22.2 Å². The molecule has 0 saturated heterocycles. The van der Waals surface area contributed by atoms with Crippen molar-refractivity contribution in [2.45, 2.75) is 0 Å². The molecule has 1 heterocycles. The van der Waals surface area contributed by atoms with Crippen LogP contribution in [0.4, 0.5) is 5.82 Å². The Bertz CT molecular complexity index is 469. The summed E-state index contributed by atoms with van der Waals surface area (Å²) in [5.74, 6) is -0.0996. The Kier molecular flexibility index (Phi) is 3.74. The van der Waals surface area contributed by atoms with Gasteiger partial charge in [0.15, 0.2) is 5.69 Å². The number of nitrogen functional groups attached to an aromatic ring is 1. The van der Waals surface area contributed by atoms with E-state index in [1.54, 1.807) is 0 Å². The zero-order chi connectivity index (χ0) is 11.3. The van der Waals surface area contributed by atoms with Crippen LogP contribution in [0.1, 0.15) is 5.69 Å². The molecule has 0 aliphatic rings. The second-order valence-corrected chi connectivity index (χ2v) is 3.06. The molecule has 0 saturated carbocycles. The van der Waals surface area contributed by atoms with Gasteiger partial charge in [-0.25, -0.2) is 4.63 Å². The van der Waals surface area contributed by atoms with Crippen LogP contribution >= 0.6 is 0 Å². The summed E-state index contributed by atoms with van der Waals surface area (Å²) in [6.45, 7) is 0.281. The Hall–Kier alpha value is -1.97. The first kappa shape index (κ1) is 11.1. The zero-order valence-electron chi connectivity index (χ0n) is 7.47. The molecule has 0 aromatic carbocycles. The van der Waals surface area contributed by atoms with Crippen LogP contribution < -0.4 is 11.1 Å². The third-order valence-corrected chi connectivity index (χ3v) is 1.74. The van der Waals surface area contributed by atoms with Crippen LogP contribution in [0.3, 0.4) is 0 Å². The van der Waals surface area contributed by atoms with Gasteiger partial charge in [0.2, 0.25) is 5.82 Å². The Morgan fingerprint density at radius 1 is 1.60 bits per heavy atom. The second-order valence-electron chi connectivity index (χ2n) is 2.37. The molecule has 1 aromatic heterocycles. The molecule has 10 heteroatoms. The summed E-state index contributed by atoms with van der Waals surface area (Å²) in [5.41, 5.74) is 5.25. The van der Waals surface area contributed by atoms with Crippen LogP contribution in [0, 0.1) is 5.41 Å². The molecule has 0 radical (unpaired) electrons. The number of rotatable bonds is 5. The average molecular weight is 232 g/mol. The van der Waals surface area contributed by atoms with Crippen molar-refractivity contribution in [3.8, 4) is 0 Å². The van der Waals surface area contributed by atoms with Gasteiger partial charge in [-0.2, -0.15) is 12.8 Å². The normalized spacial score (nSPS) is 9.60. The van der Waals surface area contributed by atoms with Gasteiger partial charge in [0.25, 0.3) is 0 Å². The van der Waals surface area contributed by atoms with E-state index in [2.05, 4.69) is 24.6 Å². The van der Waals surface area contributed by atoms with Crippen LogP contribution in [0.5, 0.6) is 0 Å². The lowest BCUT2D eigenvalue weighted by atomic mass is 10.4.